The molecule has 0 saturated heterocycles. The molecule has 2 nitrogen and oxygen atoms in total. The van der Waals surface area contributed by atoms with Gasteiger partial charge in [0.2, 0.25) is 0 Å². The van der Waals surface area contributed by atoms with Gasteiger partial charge in [0.1, 0.15) is 0 Å². The van der Waals surface area contributed by atoms with Gasteiger partial charge in [-0.05, 0) is 32.1 Å². The Bertz CT molecular complexity index is 125. The van der Waals surface area contributed by atoms with E-state index in [-0.39, 0.29) is 12.2 Å². The van der Waals surface area contributed by atoms with Crippen LogP contribution in [0.3, 0.4) is 0 Å². The molecule has 0 bridgehead atoms. The second-order valence-electron chi connectivity index (χ2n) is 3.65. The summed E-state index contributed by atoms with van der Waals surface area (Å²) in [5.74, 6) is 0.768. The van der Waals surface area contributed by atoms with Crippen LogP contribution in [0, 0.1) is 5.92 Å². The highest BCUT2D eigenvalue weighted by Gasteiger charge is 2.28. The molecule has 0 aromatic rings. The lowest BCUT2D eigenvalue weighted by atomic mass is 9.84. The zero-order chi connectivity index (χ0) is 8.97. The van der Waals surface area contributed by atoms with Gasteiger partial charge in [0, 0.05) is 6.61 Å². The first-order valence-electron chi connectivity index (χ1n) is 5.07. The molecule has 2 heteroatoms. The first-order valence-corrected chi connectivity index (χ1v) is 5.07. The van der Waals surface area contributed by atoms with Crippen molar-refractivity contribution in [3.8, 4) is 0 Å². The molecule has 1 fully saturated rings. The number of aliphatic hydroxyl groups is 1. The summed E-state index contributed by atoms with van der Waals surface area (Å²) in [4.78, 5) is 0. The van der Waals surface area contributed by atoms with Crippen LogP contribution in [0.2, 0.25) is 0 Å². The van der Waals surface area contributed by atoms with Crippen LogP contribution in [0.4, 0.5) is 0 Å². The van der Waals surface area contributed by atoms with E-state index < -0.39 is 0 Å². The van der Waals surface area contributed by atoms with Gasteiger partial charge in [0.15, 0.2) is 0 Å². The summed E-state index contributed by atoms with van der Waals surface area (Å²) in [6.45, 7) is 4.92. The zero-order valence-corrected chi connectivity index (χ0v) is 8.12. The predicted octanol–water partition coefficient (Wildman–Crippen LogP) is 1.96. The highest BCUT2D eigenvalue weighted by Crippen LogP contribution is 2.28. The summed E-state index contributed by atoms with van der Waals surface area (Å²) in [7, 11) is 0. The average molecular weight is 172 g/mol. The van der Waals surface area contributed by atoms with Gasteiger partial charge < -0.3 is 9.84 Å². The van der Waals surface area contributed by atoms with Crippen molar-refractivity contribution in [1.82, 2.24) is 0 Å². The van der Waals surface area contributed by atoms with Gasteiger partial charge in [0.05, 0.1) is 12.2 Å². The van der Waals surface area contributed by atoms with Gasteiger partial charge in [-0.15, -0.1) is 0 Å². The number of ether oxygens (including phenoxy) is 1. The third kappa shape index (κ3) is 2.46. The molecule has 1 rings (SSSR count). The molecular formula is C10H20O2. The first-order chi connectivity index (χ1) is 5.77. The zero-order valence-electron chi connectivity index (χ0n) is 8.12. The monoisotopic (exact) mass is 172 g/mol. The molecule has 0 heterocycles. The van der Waals surface area contributed by atoms with Crippen LogP contribution in [0.5, 0.6) is 0 Å². The van der Waals surface area contributed by atoms with Crippen molar-refractivity contribution in [3.05, 3.63) is 0 Å². The fraction of sp³-hybridized carbons (Fsp3) is 1.00. The molecular weight excluding hydrogens is 152 g/mol. The smallest absolute Gasteiger partial charge is 0.0836 e. The van der Waals surface area contributed by atoms with Gasteiger partial charge in [-0.3, -0.25) is 0 Å². The van der Waals surface area contributed by atoms with Crippen LogP contribution in [0.15, 0.2) is 0 Å². The van der Waals surface area contributed by atoms with Crippen molar-refractivity contribution in [1.29, 1.82) is 0 Å². The summed E-state index contributed by atoms with van der Waals surface area (Å²) >= 11 is 0. The molecule has 1 aliphatic rings. The molecule has 1 aliphatic carbocycles. The summed E-state index contributed by atoms with van der Waals surface area (Å²) in [5.41, 5.74) is 0. The lowest BCUT2D eigenvalue weighted by Crippen LogP contribution is -2.35. The van der Waals surface area contributed by atoms with Crippen LogP contribution in [-0.2, 0) is 4.74 Å². The molecule has 0 radical (unpaired) electrons. The third-order valence-electron chi connectivity index (χ3n) is 2.82. The number of rotatable bonds is 3. The van der Waals surface area contributed by atoms with Crippen LogP contribution in [0.25, 0.3) is 0 Å². The Morgan fingerprint density at radius 2 is 2.08 bits per heavy atom. The highest BCUT2D eigenvalue weighted by atomic mass is 16.5. The molecule has 1 saturated carbocycles. The standard InChI is InChI=1S/C10H20O2/c1-3-8-5-6-9(11)10(7-8)12-4-2/h8-11H,3-7H2,1-2H3. The summed E-state index contributed by atoms with van der Waals surface area (Å²) in [5, 5.41) is 9.59. The van der Waals surface area contributed by atoms with Gasteiger partial charge in [-0.2, -0.15) is 0 Å². The van der Waals surface area contributed by atoms with E-state index in [0.717, 1.165) is 25.4 Å². The SMILES string of the molecule is CCOC1CC(CC)CCC1O. The Hall–Kier alpha value is -0.0800. The van der Waals surface area contributed by atoms with Crippen LogP contribution < -0.4 is 0 Å². The van der Waals surface area contributed by atoms with Crippen LogP contribution in [-0.4, -0.2) is 23.9 Å². The van der Waals surface area contributed by atoms with E-state index in [1.165, 1.54) is 12.8 Å². The van der Waals surface area contributed by atoms with E-state index in [0.29, 0.717) is 0 Å². The first kappa shape index (κ1) is 10.0. The van der Waals surface area contributed by atoms with E-state index in [9.17, 15) is 5.11 Å². The molecule has 72 valence electrons. The average Bonchev–Trinajstić information content (AvgIpc) is 2.09. The van der Waals surface area contributed by atoms with Gasteiger partial charge in [0.25, 0.3) is 0 Å². The second-order valence-corrected chi connectivity index (χ2v) is 3.65. The van der Waals surface area contributed by atoms with Crippen molar-refractivity contribution >= 4 is 0 Å². The van der Waals surface area contributed by atoms with E-state index >= 15 is 0 Å². The largest absolute Gasteiger partial charge is 0.390 e. The Morgan fingerprint density at radius 3 is 2.67 bits per heavy atom. The minimum atomic E-state index is -0.215. The Morgan fingerprint density at radius 1 is 1.33 bits per heavy atom. The molecule has 0 aromatic heterocycles. The maximum Gasteiger partial charge on any atom is 0.0836 e. The van der Waals surface area contributed by atoms with E-state index in [1.54, 1.807) is 0 Å². The van der Waals surface area contributed by atoms with Gasteiger partial charge in [-0.25, -0.2) is 0 Å². The maximum atomic E-state index is 9.59. The van der Waals surface area contributed by atoms with Crippen molar-refractivity contribution in [2.24, 2.45) is 5.92 Å². The molecule has 3 unspecified atom stereocenters. The van der Waals surface area contributed by atoms with Crippen molar-refractivity contribution in [3.63, 3.8) is 0 Å². The van der Waals surface area contributed by atoms with E-state index in [2.05, 4.69) is 6.92 Å². The van der Waals surface area contributed by atoms with E-state index in [1.807, 2.05) is 6.92 Å². The lowest BCUT2D eigenvalue weighted by Gasteiger charge is -2.32. The molecule has 0 spiro atoms. The summed E-state index contributed by atoms with van der Waals surface area (Å²) < 4.78 is 5.48. The highest BCUT2D eigenvalue weighted by molar-refractivity contribution is 4.79. The minimum Gasteiger partial charge on any atom is -0.390 e. The maximum absolute atomic E-state index is 9.59. The van der Waals surface area contributed by atoms with Gasteiger partial charge >= 0.3 is 0 Å². The molecule has 1 N–H and O–H groups in total. The molecule has 0 aromatic carbocycles. The quantitative estimate of drug-likeness (QED) is 0.705. The van der Waals surface area contributed by atoms with Crippen LogP contribution >= 0.6 is 0 Å². The molecule has 0 aliphatic heterocycles. The number of aliphatic hydroxyl groups excluding tert-OH is 1. The van der Waals surface area contributed by atoms with Crippen molar-refractivity contribution in [2.75, 3.05) is 6.61 Å². The Labute approximate surface area is 74.9 Å². The molecule has 12 heavy (non-hydrogen) atoms. The second kappa shape index (κ2) is 4.83. The fourth-order valence-electron chi connectivity index (χ4n) is 1.96. The third-order valence-corrected chi connectivity index (χ3v) is 2.82. The normalized spacial score (nSPS) is 36.8. The fourth-order valence-corrected chi connectivity index (χ4v) is 1.96. The summed E-state index contributed by atoms with van der Waals surface area (Å²) in [6.07, 6.45) is 4.24. The summed E-state index contributed by atoms with van der Waals surface area (Å²) in [6, 6.07) is 0. The van der Waals surface area contributed by atoms with Crippen molar-refractivity contribution in [2.45, 2.75) is 51.7 Å². The number of hydrogen-bond acceptors (Lipinski definition) is 2. The van der Waals surface area contributed by atoms with Gasteiger partial charge in [-0.1, -0.05) is 13.3 Å². The lowest BCUT2D eigenvalue weighted by molar-refractivity contribution is -0.0676. The molecule has 0 amide bonds. The number of hydrogen-bond donors (Lipinski definition) is 1. The molecule has 3 atom stereocenters. The Kier molecular flexibility index (Phi) is 4.02. The Balaban J connectivity index is 2.36. The van der Waals surface area contributed by atoms with Crippen molar-refractivity contribution < 1.29 is 9.84 Å². The minimum absolute atomic E-state index is 0.105. The predicted molar refractivity (Wildman–Crippen MR) is 49.1 cm³/mol. The van der Waals surface area contributed by atoms with E-state index in [4.69, 9.17) is 4.74 Å². The topological polar surface area (TPSA) is 29.5 Å². The van der Waals surface area contributed by atoms with Crippen LogP contribution in [0.1, 0.15) is 39.5 Å².